The average molecular weight is 278 g/mol. The lowest BCUT2D eigenvalue weighted by Crippen LogP contribution is -2.45. The summed E-state index contributed by atoms with van der Waals surface area (Å²) >= 11 is 0. The van der Waals surface area contributed by atoms with E-state index in [0.717, 1.165) is 18.3 Å². The molecule has 2 unspecified atom stereocenters. The van der Waals surface area contributed by atoms with Crippen LogP contribution in [0, 0.1) is 5.92 Å². The number of rotatable bonds is 2. The second-order valence-corrected chi connectivity index (χ2v) is 7.34. The first-order valence-corrected chi connectivity index (χ1v) is 7.65. The third kappa shape index (κ3) is 2.59. The smallest absolute Gasteiger partial charge is 0.165 e. The molecular weight excluding hydrogens is 252 g/mol. The molecule has 0 radical (unpaired) electrons. The quantitative estimate of drug-likeness (QED) is 0.806. The first-order chi connectivity index (χ1) is 9.45. The maximum Gasteiger partial charge on any atom is 0.165 e. The van der Waals surface area contributed by atoms with Gasteiger partial charge in [-0.25, -0.2) is 4.68 Å². The van der Waals surface area contributed by atoms with Gasteiger partial charge in [0, 0.05) is 19.1 Å². The van der Waals surface area contributed by atoms with Crippen molar-refractivity contribution < 1.29 is 0 Å². The van der Waals surface area contributed by atoms with Gasteiger partial charge in [-0.1, -0.05) is 0 Å². The summed E-state index contributed by atoms with van der Waals surface area (Å²) < 4.78 is 1.97. The molecule has 0 aliphatic carbocycles. The minimum atomic E-state index is -0.0551. The highest BCUT2D eigenvalue weighted by Gasteiger charge is 2.38. The van der Waals surface area contributed by atoms with Crippen LogP contribution in [-0.4, -0.2) is 62.7 Å². The van der Waals surface area contributed by atoms with Crippen LogP contribution in [0.25, 0.3) is 0 Å². The van der Waals surface area contributed by atoms with Crippen molar-refractivity contribution in [3.63, 3.8) is 0 Å². The molecule has 3 rings (SSSR count). The van der Waals surface area contributed by atoms with Crippen LogP contribution in [0.4, 0.5) is 0 Å². The highest BCUT2D eigenvalue weighted by molar-refractivity contribution is 4.96. The number of aromatic nitrogens is 4. The van der Waals surface area contributed by atoms with Crippen molar-refractivity contribution in [2.75, 3.05) is 26.7 Å². The summed E-state index contributed by atoms with van der Waals surface area (Å²) in [6, 6.07) is 0.680. The predicted molar refractivity (Wildman–Crippen MR) is 77.2 cm³/mol. The van der Waals surface area contributed by atoms with E-state index in [9.17, 15) is 0 Å². The number of hydrogen-bond acceptors (Lipinski definition) is 5. The Hall–Kier alpha value is -1.01. The number of nitrogens with zero attached hydrogens (tertiary/aromatic N) is 6. The lowest BCUT2D eigenvalue weighted by atomic mass is 9.92. The van der Waals surface area contributed by atoms with Crippen LogP contribution < -0.4 is 0 Å². The largest absolute Gasteiger partial charge is 0.304 e. The molecular formula is C14H26N6. The lowest BCUT2D eigenvalue weighted by molar-refractivity contribution is 0.109. The summed E-state index contributed by atoms with van der Waals surface area (Å²) in [5, 5.41) is 12.3. The molecule has 1 aromatic rings. The van der Waals surface area contributed by atoms with E-state index in [0.29, 0.717) is 6.04 Å². The van der Waals surface area contributed by atoms with E-state index in [2.05, 4.69) is 53.1 Å². The van der Waals surface area contributed by atoms with Crippen molar-refractivity contribution in [1.29, 1.82) is 0 Å². The number of likely N-dealkylation sites (N-methyl/N-ethyl adjacent to an activating group) is 1. The molecule has 2 aliphatic rings. The topological polar surface area (TPSA) is 50.1 Å². The van der Waals surface area contributed by atoms with Crippen molar-refractivity contribution >= 4 is 0 Å². The van der Waals surface area contributed by atoms with Crippen LogP contribution in [0.15, 0.2) is 0 Å². The Bertz CT molecular complexity index is 462. The van der Waals surface area contributed by atoms with E-state index >= 15 is 0 Å². The SMILES string of the molecule is CN1CC2CCCN(Cc3nnnn3C(C)(C)C)C2C1. The number of tetrazole rings is 1. The molecule has 6 nitrogen and oxygen atoms in total. The lowest BCUT2D eigenvalue weighted by Gasteiger charge is -2.37. The number of hydrogen-bond donors (Lipinski definition) is 0. The second kappa shape index (κ2) is 5.07. The van der Waals surface area contributed by atoms with E-state index in [4.69, 9.17) is 0 Å². The Morgan fingerprint density at radius 2 is 2.05 bits per heavy atom. The van der Waals surface area contributed by atoms with Crippen molar-refractivity contribution in [1.82, 2.24) is 30.0 Å². The van der Waals surface area contributed by atoms with Gasteiger partial charge in [-0.3, -0.25) is 4.90 Å². The fourth-order valence-electron chi connectivity index (χ4n) is 3.69. The normalized spacial score (nSPS) is 28.8. The molecule has 0 saturated carbocycles. The van der Waals surface area contributed by atoms with Gasteiger partial charge in [-0.15, -0.1) is 5.10 Å². The Balaban J connectivity index is 1.76. The second-order valence-electron chi connectivity index (χ2n) is 7.34. The van der Waals surface area contributed by atoms with Gasteiger partial charge in [-0.05, 0) is 63.5 Å². The van der Waals surface area contributed by atoms with E-state index in [1.165, 1.54) is 32.5 Å². The van der Waals surface area contributed by atoms with Gasteiger partial charge in [0.25, 0.3) is 0 Å². The molecule has 0 bridgehead atoms. The Morgan fingerprint density at radius 3 is 2.80 bits per heavy atom. The van der Waals surface area contributed by atoms with Crippen molar-refractivity contribution in [2.45, 2.75) is 51.7 Å². The minimum absolute atomic E-state index is 0.0551. The zero-order valence-electron chi connectivity index (χ0n) is 13.1. The summed E-state index contributed by atoms with van der Waals surface area (Å²) in [6.07, 6.45) is 2.67. The number of likely N-dealkylation sites (tertiary alicyclic amines) is 2. The maximum atomic E-state index is 4.26. The van der Waals surface area contributed by atoms with Crippen LogP contribution in [0.3, 0.4) is 0 Å². The molecule has 2 aliphatic heterocycles. The third-order valence-corrected chi connectivity index (χ3v) is 4.59. The van der Waals surface area contributed by atoms with Gasteiger partial charge in [0.05, 0.1) is 12.1 Å². The van der Waals surface area contributed by atoms with Gasteiger partial charge in [0.1, 0.15) is 0 Å². The van der Waals surface area contributed by atoms with E-state index < -0.39 is 0 Å². The molecule has 3 heterocycles. The number of fused-ring (bicyclic) bond motifs is 1. The number of piperidine rings is 1. The molecule has 2 fully saturated rings. The highest BCUT2D eigenvalue weighted by atomic mass is 15.6. The molecule has 1 aromatic heterocycles. The summed E-state index contributed by atoms with van der Waals surface area (Å²) in [7, 11) is 2.23. The predicted octanol–water partition coefficient (Wildman–Crippen LogP) is 0.954. The molecule has 20 heavy (non-hydrogen) atoms. The first kappa shape index (κ1) is 13.9. The Morgan fingerprint density at radius 1 is 1.25 bits per heavy atom. The van der Waals surface area contributed by atoms with Crippen molar-refractivity contribution in [2.24, 2.45) is 5.92 Å². The summed E-state index contributed by atoms with van der Waals surface area (Å²) in [5.41, 5.74) is -0.0551. The van der Waals surface area contributed by atoms with Gasteiger partial charge in [0.15, 0.2) is 5.82 Å². The summed E-state index contributed by atoms with van der Waals surface area (Å²) in [4.78, 5) is 5.05. The monoisotopic (exact) mass is 278 g/mol. The van der Waals surface area contributed by atoms with Gasteiger partial charge in [0.2, 0.25) is 0 Å². The molecule has 0 spiro atoms. The fourth-order valence-corrected chi connectivity index (χ4v) is 3.69. The van der Waals surface area contributed by atoms with Crippen LogP contribution in [-0.2, 0) is 12.1 Å². The van der Waals surface area contributed by atoms with Crippen LogP contribution in [0.2, 0.25) is 0 Å². The zero-order valence-corrected chi connectivity index (χ0v) is 13.1. The average Bonchev–Trinajstić information content (AvgIpc) is 2.94. The Labute approximate surface area is 121 Å². The molecule has 0 amide bonds. The molecule has 6 heteroatoms. The molecule has 2 saturated heterocycles. The third-order valence-electron chi connectivity index (χ3n) is 4.59. The molecule has 2 atom stereocenters. The van der Waals surface area contributed by atoms with E-state index in [1.807, 2.05) is 4.68 Å². The van der Waals surface area contributed by atoms with Crippen molar-refractivity contribution in [3.05, 3.63) is 5.82 Å². The standard InChI is InChI=1S/C14H26N6/c1-14(2,3)20-13(15-16-17-20)10-19-7-5-6-11-8-18(4)9-12(11)19/h11-12H,5-10H2,1-4H3. The van der Waals surface area contributed by atoms with Gasteiger partial charge >= 0.3 is 0 Å². The van der Waals surface area contributed by atoms with Crippen LogP contribution in [0.5, 0.6) is 0 Å². The maximum absolute atomic E-state index is 4.26. The highest BCUT2D eigenvalue weighted by Crippen LogP contribution is 2.30. The first-order valence-electron chi connectivity index (χ1n) is 7.65. The Kier molecular flexibility index (Phi) is 3.54. The zero-order chi connectivity index (χ0) is 14.3. The van der Waals surface area contributed by atoms with E-state index in [-0.39, 0.29) is 5.54 Å². The molecule has 0 N–H and O–H groups in total. The van der Waals surface area contributed by atoms with Crippen molar-refractivity contribution in [3.8, 4) is 0 Å². The summed E-state index contributed by atoms with van der Waals surface area (Å²) in [6.45, 7) is 10.9. The minimum Gasteiger partial charge on any atom is -0.304 e. The van der Waals surface area contributed by atoms with Gasteiger partial charge < -0.3 is 4.90 Å². The molecule has 112 valence electrons. The molecule has 0 aromatic carbocycles. The summed E-state index contributed by atoms with van der Waals surface area (Å²) in [5.74, 6) is 1.82. The van der Waals surface area contributed by atoms with Gasteiger partial charge in [-0.2, -0.15) is 0 Å². The van der Waals surface area contributed by atoms with E-state index in [1.54, 1.807) is 0 Å². The fraction of sp³-hybridized carbons (Fsp3) is 0.929. The van der Waals surface area contributed by atoms with Crippen LogP contribution >= 0.6 is 0 Å². The van der Waals surface area contributed by atoms with Crippen LogP contribution in [0.1, 0.15) is 39.4 Å².